The van der Waals surface area contributed by atoms with Crippen LogP contribution in [-0.4, -0.2) is 0 Å². The Kier molecular flexibility index (Phi) is 1.99. The first-order valence-electron chi connectivity index (χ1n) is 4.61. The van der Waals surface area contributed by atoms with Gasteiger partial charge in [0.1, 0.15) is 0 Å². The normalized spacial score (nSPS) is 30.0. The highest BCUT2D eigenvalue weighted by Crippen LogP contribution is 2.33. The van der Waals surface area contributed by atoms with Crippen LogP contribution in [0, 0.1) is 5.41 Å². The van der Waals surface area contributed by atoms with Gasteiger partial charge in [-0.25, -0.2) is 0 Å². The van der Waals surface area contributed by atoms with E-state index in [9.17, 15) is 0 Å². The molecule has 0 saturated carbocycles. The van der Waals surface area contributed by atoms with Crippen molar-refractivity contribution in [2.75, 3.05) is 0 Å². The Balaban J connectivity index is 2.22. The summed E-state index contributed by atoms with van der Waals surface area (Å²) in [6.07, 6.45) is 21.5. The van der Waals surface area contributed by atoms with Gasteiger partial charge in [0.05, 0.1) is 0 Å². The molecule has 62 valence electrons. The van der Waals surface area contributed by atoms with Gasteiger partial charge in [-0.3, -0.25) is 0 Å². The highest BCUT2D eigenvalue weighted by molar-refractivity contribution is 5.32. The van der Waals surface area contributed by atoms with Crippen molar-refractivity contribution in [3.63, 3.8) is 0 Å². The SMILES string of the molecule is C1=CC2(C=C1)/C=C\CC/C=C\C2. The number of rotatable bonds is 0. The molecule has 0 bridgehead atoms. The van der Waals surface area contributed by atoms with E-state index in [-0.39, 0.29) is 5.41 Å². The molecule has 0 fully saturated rings. The molecule has 2 rings (SSSR count). The van der Waals surface area contributed by atoms with E-state index in [0.717, 1.165) is 6.42 Å². The van der Waals surface area contributed by atoms with Crippen LogP contribution >= 0.6 is 0 Å². The summed E-state index contributed by atoms with van der Waals surface area (Å²) < 4.78 is 0. The Morgan fingerprint density at radius 3 is 2.33 bits per heavy atom. The Hall–Kier alpha value is -1.04. The lowest BCUT2D eigenvalue weighted by molar-refractivity contribution is 0.641. The molecule has 0 unspecified atom stereocenters. The molecule has 0 heterocycles. The Labute approximate surface area is 74.0 Å². The summed E-state index contributed by atoms with van der Waals surface area (Å²) in [7, 11) is 0. The third-order valence-electron chi connectivity index (χ3n) is 2.49. The fourth-order valence-electron chi connectivity index (χ4n) is 1.74. The molecule has 2 aliphatic rings. The number of hydrogen-bond acceptors (Lipinski definition) is 0. The van der Waals surface area contributed by atoms with Crippen LogP contribution in [0.5, 0.6) is 0 Å². The zero-order valence-electron chi connectivity index (χ0n) is 7.24. The van der Waals surface area contributed by atoms with Crippen molar-refractivity contribution in [2.45, 2.75) is 19.3 Å². The molecule has 0 nitrogen and oxygen atoms in total. The van der Waals surface area contributed by atoms with Crippen molar-refractivity contribution in [1.82, 2.24) is 0 Å². The van der Waals surface area contributed by atoms with Gasteiger partial charge in [-0.15, -0.1) is 0 Å². The fraction of sp³-hybridized carbons (Fsp3) is 0.333. The molecule has 1 spiro atoms. The second-order valence-corrected chi connectivity index (χ2v) is 3.49. The molecule has 12 heavy (non-hydrogen) atoms. The van der Waals surface area contributed by atoms with Gasteiger partial charge in [-0.1, -0.05) is 48.6 Å². The van der Waals surface area contributed by atoms with Crippen LogP contribution in [0.25, 0.3) is 0 Å². The average Bonchev–Trinajstić information content (AvgIpc) is 2.47. The van der Waals surface area contributed by atoms with E-state index < -0.39 is 0 Å². The standard InChI is InChI=1S/C12H14/c1-2-4-8-12(9-5-3-1)10-6-7-11-12/h2,4-7,9-11H,1,3,8H2/b4-2-,9-5-. The number of hydrogen-bond donors (Lipinski definition) is 0. The van der Waals surface area contributed by atoms with Gasteiger partial charge >= 0.3 is 0 Å². The van der Waals surface area contributed by atoms with Crippen LogP contribution in [0.15, 0.2) is 48.6 Å². The molecule has 0 atom stereocenters. The summed E-state index contributed by atoms with van der Waals surface area (Å²) in [5.41, 5.74) is 0.219. The second kappa shape index (κ2) is 3.14. The predicted octanol–water partition coefficient (Wildman–Crippen LogP) is 3.40. The van der Waals surface area contributed by atoms with Crippen molar-refractivity contribution in [1.29, 1.82) is 0 Å². The van der Waals surface area contributed by atoms with E-state index in [2.05, 4.69) is 48.6 Å². The third kappa shape index (κ3) is 1.42. The van der Waals surface area contributed by atoms with Gasteiger partial charge in [0.15, 0.2) is 0 Å². The predicted molar refractivity (Wildman–Crippen MR) is 52.8 cm³/mol. The Morgan fingerprint density at radius 2 is 1.50 bits per heavy atom. The average molecular weight is 158 g/mol. The van der Waals surface area contributed by atoms with E-state index in [4.69, 9.17) is 0 Å². The molecular formula is C12H14. The molecule has 0 aromatic heterocycles. The lowest BCUT2D eigenvalue weighted by Crippen LogP contribution is -2.08. The minimum Gasteiger partial charge on any atom is -0.0882 e. The van der Waals surface area contributed by atoms with Crippen LogP contribution in [-0.2, 0) is 0 Å². The zero-order valence-corrected chi connectivity index (χ0v) is 7.24. The molecule has 0 saturated heterocycles. The smallest absolute Gasteiger partial charge is 0.0282 e. The maximum absolute atomic E-state index is 2.33. The van der Waals surface area contributed by atoms with E-state index >= 15 is 0 Å². The van der Waals surface area contributed by atoms with Crippen LogP contribution in [0.1, 0.15) is 19.3 Å². The molecule has 0 N–H and O–H groups in total. The lowest BCUT2D eigenvalue weighted by Gasteiger charge is -2.19. The quantitative estimate of drug-likeness (QED) is 0.474. The zero-order chi connectivity index (χ0) is 8.28. The third-order valence-corrected chi connectivity index (χ3v) is 2.49. The number of allylic oxidation sites excluding steroid dienone is 8. The Bertz CT molecular complexity index is 252. The molecular weight excluding hydrogens is 144 g/mol. The van der Waals surface area contributed by atoms with E-state index in [1.165, 1.54) is 12.8 Å². The largest absolute Gasteiger partial charge is 0.0882 e. The first-order chi connectivity index (χ1) is 5.91. The summed E-state index contributed by atoms with van der Waals surface area (Å²) in [5, 5.41) is 0. The van der Waals surface area contributed by atoms with Gasteiger partial charge in [-0.2, -0.15) is 0 Å². The summed E-state index contributed by atoms with van der Waals surface area (Å²) >= 11 is 0. The van der Waals surface area contributed by atoms with Gasteiger partial charge in [0.2, 0.25) is 0 Å². The molecule has 0 amide bonds. The highest BCUT2D eigenvalue weighted by atomic mass is 14.2. The van der Waals surface area contributed by atoms with E-state index in [0.29, 0.717) is 0 Å². The molecule has 0 aromatic rings. The fourth-order valence-corrected chi connectivity index (χ4v) is 1.74. The van der Waals surface area contributed by atoms with E-state index in [1.54, 1.807) is 0 Å². The van der Waals surface area contributed by atoms with Crippen LogP contribution in [0.3, 0.4) is 0 Å². The van der Waals surface area contributed by atoms with Crippen LogP contribution < -0.4 is 0 Å². The molecule has 0 radical (unpaired) electrons. The molecule has 0 aromatic carbocycles. The van der Waals surface area contributed by atoms with Crippen molar-refractivity contribution in [3.05, 3.63) is 48.6 Å². The van der Waals surface area contributed by atoms with Crippen LogP contribution in [0.4, 0.5) is 0 Å². The summed E-state index contributed by atoms with van der Waals surface area (Å²) in [6.45, 7) is 0. The lowest BCUT2D eigenvalue weighted by atomic mass is 9.84. The first-order valence-corrected chi connectivity index (χ1v) is 4.61. The van der Waals surface area contributed by atoms with Crippen molar-refractivity contribution >= 4 is 0 Å². The van der Waals surface area contributed by atoms with E-state index in [1.807, 2.05) is 0 Å². The molecule has 0 aliphatic heterocycles. The monoisotopic (exact) mass is 158 g/mol. The minimum absolute atomic E-state index is 0.219. The van der Waals surface area contributed by atoms with Gasteiger partial charge in [-0.05, 0) is 19.3 Å². The summed E-state index contributed by atoms with van der Waals surface area (Å²) in [6, 6.07) is 0. The highest BCUT2D eigenvalue weighted by Gasteiger charge is 2.20. The van der Waals surface area contributed by atoms with Gasteiger partial charge in [0.25, 0.3) is 0 Å². The van der Waals surface area contributed by atoms with Crippen LogP contribution in [0.2, 0.25) is 0 Å². The van der Waals surface area contributed by atoms with Crippen molar-refractivity contribution in [2.24, 2.45) is 5.41 Å². The summed E-state index contributed by atoms with van der Waals surface area (Å²) in [4.78, 5) is 0. The van der Waals surface area contributed by atoms with Crippen molar-refractivity contribution < 1.29 is 0 Å². The van der Waals surface area contributed by atoms with Crippen molar-refractivity contribution in [3.8, 4) is 0 Å². The Morgan fingerprint density at radius 1 is 0.750 bits per heavy atom. The maximum Gasteiger partial charge on any atom is 0.0282 e. The topological polar surface area (TPSA) is 0 Å². The molecule has 0 heteroatoms. The van der Waals surface area contributed by atoms with Gasteiger partial charge in [0, 0.05) is 5.41 Å². The molecule has 2 aliphatic carbocycles. The first kappa shape index (κ1) is 7.60. The second-order valence-electron chi connectivity index (χ2n) is 3.49. The maximum atomic E-state index is 2.33. The van der Waals surface area contributed by atoms with Gasteiger partial charge < -0.3 is 0 Å². The minimum atomic E-state index is 0.219. The summed E-state index contributed by atoms with van der Waals surface area (Å²) in [5.74, 6) is 0.